The van der Waals surface area contributed by atoms with Gasteiger partial charge < -0.3 is 11.1 Å². The highest BCUT2D eigenvalue weighted by molar-refractivity contribution is 8.00. The van der Waals surface area contributed by atoms with Gasteiger partial charge in [-0.15, -0.1) is 0 Å². The maximum atomic E-state index is 13.4. The number of primary sulfonamides is 1. The molecular formula is C27H27N5O7S3. The number of nitrogens with two attached hydrogens (primary N) is 2. The minimum Gasteiger partial charge on any atom is -0.351 e. The van der Waals surface area contributed by atoms with E-state index in [1.165, 1.54) is 28.8 Å². The monoisotopic (exact) mass is 629 g/mol. The van der Waals surface area contributed by atoms with E-state index in [1.54, 1.807) is 0 Å². The normalized spacial score (nSPS) is 20.3. The van der Waals surface area contributed by atoms with E-state index >= 15 is 0 Å². The fourth-order valence-electron chi connectivity index (χ4n) is 5.09. The van der Waals surface area contributed by atoms with Crippen LogP contribution in [-0.2, 0) is 36.4 Å². The molecule has 42 heavy (non-hydrogen) atoms. The van der Waals surface area contributed by atoms with Crippen LogP contribution in [0, 0.1) is 5.92 Å². The molecule has 2 aromatic carbocycles. The van der Waals surface area contributed by atoms with Gasteiger partial charge in [0.2, 0.25) is 21.8 Å². The molecule has 5 amide bonds. The van der Waals surface area contributed by atoms with Gasteiger partial charge in [0.25, 0.3) is 5.91 Å². The maximum absolute atomic E-state index is 13.4. The van der Waals surface area contributed by atoms with Gasteiger partial charge in [0, 0.05) is 16.5 Å². The molecule has 1 fully saturated rings. The van der Waals surface area contributed by atoms with Crippen LogP contribution in [0.1, 0.15) is 42.7 Å². The number of likely N-dealkylation sites (tertiary alicyclic amines) is 1. The van der Waals surface area contributed by atoms with Gasteiger partial charge in [0.1, 0.15) is 11.8 Å². The number of carbonyl (C=O) groups excluding carboxylic acids is 4. The van der Waals surface area contributed by atoms with Gasteiger partial charge in [0.05, 0.1) is 15.8 Å². The lowest BCUT2D eigenvalue weighted by Crippen LogP contribution is -2.41. The van der Waals surface area contributed by atoms with Crippen molar-refractivity contribution in [3.05, 3.63) is 74.2 Å². The van der Waals surface area contributed by atoms with Crippen LogP contribution in [0.5, 0.6) is 0 Å². The number of hydrogen-bond acceptors (Lipinski definition) is 9. The van der Waals surface area contributed by atoms with Gasteiger partial charge in [-0.2, -0.15) is 4.90 Å². The van der Waals surface area contributed by atoms with E-state index in [9.17, 15) is 32.4 Å². The van der Waals surface area contributed by atoms with Crippen molar-refractivity contribution in [1.82, 2.24) is 9.47 Å². The van der Waals surface area contributed by atoms with Crippen LogP contribution in [0.25, 0.3) is 0 Å². The Balaban J connectivity index is 1.52. The van der Waals surface area contributed by atoms with Crippen LogP contribution < -0.4 is 21.1 Å². The molecule has 0 aliphatic carbocycles. The number of urea groups is 1. The van der Waals surface area contributed by atoms with Crippen molar-refractivity contribution in [3.8, 4) is 0 Å². The number of primary amides is 1. The second-order valence-electron chi connectivity index (χ2n) is 11.0. The second kappa shape index (κ2) is 10.5. The molecule has 12 nitrogen and oxygen atoms in total. The summed E-state index contributed by atoms with van der Waals surface area (Å²) in [6.07, 6.45) is 0. The molecule has 0 bridgehead atoms. The Morgan fingerprint density at radius 3 is 2.14 bits per heavy atom. The number of thiazole rings is 1. The summed E-state index contributed by atoms with van der Waals surface area (Å²) in [5, 5.41) is 7.04. The van der Waals surface area contributed by atoms with E-state index in [2.05, 4.69) is 26.1 Å². The number of carbonyl (C=O) groups is 4. The number of imide groups is 3. The zero-order chi connectivity index (χ0) is 30.7. The first kappa shape index (κ1) is 29.7. The molecule has 5 rings (SSSR count). The molecule has 0 radical (unpaired) electrons. The third kappa shape index (κ3) is 5.28. The van der Waals surface area contributed by atoms with Gasteiger partial charge in [-0.1, -0.05) is 68.1 Å². The quantitative estimate of drug-likeness (QED) is 0.358. The first-order valence-electron chi connectivity index (χ1n) is 12.7. The summed E-state index contributed by atoms with van der Waals surface area (Å²) >= 11 is 1.83. The Hall–Kier alpha value is -3.79. The molecule has 3 aromatic rings. The standard InChI is InChI=1S/C27H27N5O7S3/c1-27(2,3)14-6-4-13(5-7-14)18-19-20(23(35)32(22(19)34)25(28)36)40-24-21(18)41-26(37)31(24)12-17(33)30-15-8-10-16(11-9-15)42(29,38)39/h4-11,18-20H,12H2,1-3H3,(H2,28,36)(H,30,33)(H2,29,38,39). The molecule has 3 unspecified atom stereocenters. The molecular weight excluding hydrogens is 603 g/mol. The molecule has 1 aromatic heterocycles. The van der Waals surface area contributed by atoms with E-state index in [4.69, 9.17) is 10.9 Å². The molecule has 220 valence electrons. The molecule has 1 saturated heterocycles. The van der Waals surface area contributed by atoms with Crippen molar-refractivity contribution in [2.24, 2.45) is 16.8 Å². The van der Waals surface area contributed by atoms with Crippen molar-refractivity contribution in [2.45, 2.75) is 53.8 Å². The summed E-state index contributed by atoms with van der Waals surface area (Å²) < 4.78 is 24.2. The Bertz CT molecular complexity index is 1790. The van der Waals surface area contributed by atoms with Crippen molar-refractivity contribution in [3.63, 3.8) is 0 Å². The van der Waals surface area contributed by atoms with Crippen molar-refractivity contribution in [2.75, 3.05) is 5.32 Å². The topological polar surface area (TPSA) is 192 Å². The number of nitrogens with one attached hydrogen (secondary N) is 1. The molecule has 5 N–H and O–H groups in total. The van der Waals surface area contributed by atoms with Crippen molar-refractivity contribution < 1.29 is 27.6 Å². The highest BCUT2D eigenvalue weighted by Crippen LogP contribution is 2.53. The number of thioether (sulfide) groups is 1. The zero-order valence-corrected chi connectivity index (χ0v) is 25.1. The predicted octanol–water partition coefficient (Wildman–Crippen LogP) is 2.16. The minimum atomic E-state index is -3.91. The molecule has 0 spiro atoms. The fraction of sp³-hybridized carbons (Fsp3) is 0.296. The summed E-state index contributed by atoms with van der Waals surface area (Å²) in [5.74, 6) is -3.78. The summed E-state index contributed by atoms with van der Waals surface area (Å²) in [5.41, 5.74) is 7.24. The summed E-state index contributed by atoms with van der Waals surface area (Å²) in [6.45, 7) is 5.76. The van der Waals surface area contributed by atoms with Crippen LogP contribution in [-0.4, -0.2) is 46.9 Å². The highest BCUT2D eigenvalue weighted by atomic mass is 32.2. The number of rotatable bonds is 5. The van der Waals surface area contributed by atoms with Crippen LogP contribution in [0.2, 0.25) is 0 Å². The number of nitrogens with zero attached hydrogens (tertiary/aromatic N) is 2. The Morgan fingerprint density at radius 2 is 1.60 bits per heavy atom. The van der Waals surface area contributed by atoms with Crippen LogP contribution in [0.3, 0.4) is 0 Å². The first-order valence-corrected chi connectivity index (χ1v) is 15.9. The van der Waals surface area contributed by atoms with Gasteiger partial charge in [0.15, 0.2) is 0 Å². The zero-order valence-electron chi connectivity index (χ0n) is 22.7. The predicted molar refractivity (Wildman–Crippen MR) is 157 cm³/mol. The summed E-state index contributed by atoms with van der Waals surface area (Å²) in [7, 11) is -3.91. The van der Waals surface area contributed by atoms with Gasteiger partial charge in [-0.05, 0) is 40.8 Å². The van der Waals surface area contributed by atoms with E-state index in [0.717, 1.165) is 28.7 Å². The summed E-state index contributed by atoms with van der Waals surface area (Å²) in [6, 6.07) is 11.6. The Labute approximate surface area is 249 Å². The van der Waals surface area contributed by atoms with Crippen LogP contribution >= 0.6 is 23.1 Å². The number of hydrogen-bond donors (Lipinski definition) is 3. The smallest absolute Gasteiger partial charge is 0.328 e. The molecule has 2 aliphatic rings. The molecule has 15 heteroatoms. The molecule has 3 heterocycles. The Kier molecular flexibility index (Phi) is 7.41. The van der Waals surface area contributed by atoms with E-state index in [-0.39, 0.29) is 16.0 Å². The first-order chi connectivity index (χ1) is 19.6. The number of amides is 5. The lowest BCUT2D eigenvalue weighted by Gasteiger charge is -2.31. The van der Waals surface area contributed by atoms with Crippen molar-refractivity contribution in [1.29, 1.82) is 0 Å². The SMILES string of the molecule is CC(C)(C)c1ccc(C2c3sc(=O)n(CC(=O)Nc4ccc(S(N)(=O)=O)cc4)c3SC3C(=O)N(C(N)=O)C(=O)C32)cc1. The average molecular weight is 630 g/mol. The average Bonchev–Trinajstić information content (AvgIpc) is 3.34. The Morgan fingerprint density at radius 1 is 0.976 bits per heavy atom. The highest BCUT2D eigenvalue weighted by Gasteiger charge is 2.57. The van der Waals surface area contributed by atoms with E-state index < -0.39 is 62.3 Å². The van der Waals surface area contributed by atoms with Crippen LogP contribution in [0.15, 0.2) is 63.2 Å². The summed E-state index contributed by atoms with van der Waals surface area (Å²) in [4.78, 5) is 65.2. The molecule has 3 atom stereocenters. The number of fused-ring (bicyclic) bond motifs is 2. The maximum Gasteiger partial charge on any atom is 0.328 e. The minimum absolute atomic E-state index is 0.128. The molecule has 2 aliphatic heterocycles. The van der Waals surface area contributed by atoms with E-state index in [1.807, 2.05) is 24.3 Å². The lowest BCUT2D eigenvalue weighted by molar-refractivity contribution is -0.135. The van der Waals surface area contributed by atoms with E-state index in [0.29, 0.717) is 20.4 Å². The number of sulfonamides is 1. The largest absolute Gasteiger partial charge is 0.351 e. The van der Waals surface area contributed by atoms with Gasteiger partial charge >= 0.3 is 10.9 Å². The lowest BCUT2D eigenvalue weighted by atomic mass is 9.81. The molecule has 0 saturated carbocycles. The third-order valence-corrected chi connectivity index (χ3v) is 10.7. The van der Waals surface area contributed by atoms with Gasteiger partial charge in [-0.25, -0.2) is 18.4 Å². The fourth-order valence-corrected chi connectivity index (χ4v) is 8.38. The van der Waals surface area contributed by atoms with Crippen LogP contribution in [0.4, 0.5) is 10.5 Å². The third-order valence-electron chi connectivity index (χ3n) is 7.17. The number of anilines is 1. The van der Waals surface area contributed by atoms with Crippen molar-refractivity contribution >= 4 is 62.6 Å². The van der Waals surface area contributed by atoms with Gasteiger partial charge in [-0.3, -0.25) is 23.7 Å². The number of aromatic nitrogens is 1. The second-order valence-corrected chi connectivity index (χ2v) is 14.7. The number of benzene rings is 2.